The third kappa shape index (κ3) is 3.15. The molecule has 3 nitrogen and oxygen atoms in total. The van der Waals surface area contributed by atoms with Crippen LogP contribution in [0.1, 0.15) is 28.4 Å². The number of carbonyl (C=O) groups excluding carboxylic acids is 1. The van der Waals surface area contributed by atoms with Crippen molar-refractivity contribution in [3.05, 3.63) is 52.4 Å². The van der Waals surface area contributed by atoms with Crippen LogP contribution >= 0.6 is 11.3 Å². The number of rotatable bonds is 2. The van der Waals surface area contributed by atoms with Crippen LogP contribution in [0.3, 0.4) is 0 Å². The molecule has 0 saturated carbocycles. The summed E-state index contributed by atoms with van der Waals surface area (Å²) >= 11 is 1.29. The number of hydrogen-bond donors (Lipinski definition) is 1. The molecule has 0 amide bonds. The zero-order chi connectivity index (χ0) is 13.7. The maximum absolute atomic E-state index is 11.8. The second-order valence-electron chi connectivity index (χ2n) is 3.73. The average Bonchev–Trinajstić information content (AvgIpc) is 2.79. The zero-order valence-corrected chi connectivity index (χ0v) is 11.3. The number of carbonyl (C=O) groups is 1. The minimum Gasteiger partial charge on any atom is -0.462 e. The lowest BCUT2D eigenvalue weighted by atomic mass is 10.1. The lowest BCUT2D eigenvalue weighted by Crippen LogP contribution is -2.07. The summed E-state index contributed by atoms with van der Waals surface area (Å²) in [7, 11) is 0. The minimum atomic E-state index is -0.418. The Kier molecular flexibility index (Phi) is 4.22. The van der Waals surface area contributed by atoms with E-state index in [1.807, 2.05) is 30.3 Å². The molecular formula is C15H13NO2S. The van der Waals surface area contributed by atoms with E-state index in [-0.39, 0.29) is 0 Å². The molecule has 0 atom stereocenters. The second-order valence-corrected chi connectivity index (χ2v) is 4.64. The average molecular weight is 271 g/mol. The first-order chi connectivity index (χ1) is 9.22. The Hall–Kier alpha value is -2.25. The van der Waals surface area contributed by atoms with Crippen LogP contribution in [0.25, 0.3) is 0 Å². The molecule has 2 rings (SSSR count). The van der Waals surface area contributed by atoms with Gasteiger partial charge in [0.2, 0.25) is 0 Å². The van der Waals surface area contributed by atoms with Crippen LogP contribution in [0.15, 0.2) is 35.7 Å². The molecule has 2 N–H and O–H groups in total. The predicted molar refractivity (Wildman–Crippen MR) is 77.1 cm³/mol. The van der Waals surface area contributed by atoms with Crippen molar-refractivity contribution in [1.29, 1.82) is 0 Å². The number of esters is 1. The van der Waals surface area contributed by atoms with E-state index in [4.69, 9.17) is 10.5 Å². The maximum atomic E-state index is 11.8. The van der Waals surface area contributed by atoms with Gasteiger partial charge in [-0.15, -0.1) is 11.3 Å². The molecule has 96 valence electrons. The van der Waals surface area contributed by atoms with Gasteiger partial charge in [0.25, 0.3) is 0 Å². The zero-order valence-electron chi connectivity index (χ0n) is 10.5. The summed E-state index contributed by atoms with van der Waals surface area (Å²) in [6.07, 6.45) is 0. The van der Waals surface area contributed by atoms with E-state index in [1.165, 1.54) is 11.3 Å². The topological polar surface area (TPSA) is 52.3 Å². The standard InChI is InChI=1S/C15H13NO2S/c1-2-18-15(17)13-12(10-19-14(13)16)9-8-11-6-4-3-5-7-11/h3-7,10H,2,16H2,1H3. The molecule has 0 aliphatic rings. The quantitative estimate of drug-likeness (QED) is 0.675. The van der Waals surface area contributed by atoms with Crippen molar-refractivity contribution in [2.45, 2.75) is 6.92 Å². The molecule has 1 heterocycles. The molecule has 0 radical (unpaired) electrons. The Morgan fingerprint density at radius 3 is 2.74 bits per heavy atom. The van der Waals surface area contributed by atoms with Gasteiger partial charge in [0.15, 0.2) is 0 Å². The molecular weight excluding hydrogens is 258 g/mol. The van der Waals surface area contributed by atoms with Gasteiger partial charge in [0, 0.05) is 10.9 Å². The van der Waals surface area contributed by atoms with E-state index in [0.717, 1.165) is 5.56 Å². The van der Waals surface area contributed by atoms with Crippen molar-refractivity contribution in [2.75, 3.05) is 12.3 Å². The van der Waals surface area contributed by atoms with Crippen molar-refractivity contribution >= 4 is 22.3 Å². The number of hydrogen-bond acceptors (Lipinski definition) is 4. The minimum absolute atomic E-state index is 0.319. The fraction of sp³-hybridized carbons (Fsp3) is 0.133. The van der Waals surface area contributed by atoms with Gasteiger partial charge in [-0.2, -0.15) is 0 Å². The number of anilines is 1. The van der Waals surface area contributed by atoms with Gasteiger partial charge in [-0.3, -0.25) is 0 Å². The summed E-state index contributed by atoms with van der Waals surface area (Å²) in [5.41, 5.74) is 7.67. The Bertz CT molecular complexity index is 635. The van der Waals surface area contributed by atoms with Gasteiger partial charge in [-0.25, -0.2) is 4.79 Å². The third-order valence-corrected chi connectivity index (χ3v) is 3.23. The van der Waals surface area contributed by atoms with Gasteiger partial charge in [0.1, 0.15) is 10.6 Å². The van der Waals surface area contributed by atoms with Crippen molar-refractivity contribution in [3.8, 4) is 11.8 Å². The summed E-state index contributed by atoms with van der Waals surface area (Å²) in [4.78, 5) is 11.8. The van der Waals surface area contributed by atoms with E-state index in [0.29, 0.717) is 22.7 Å². The third-order valence-electron chi connectivity index (χ3n) is 2.41. The van der Waals surface area contributed by atoms with E-state index < -0.39 is 5.97 Å². The monoisotopic (exact) mass is 271 g/mol. The van der Waals surface area contributed by atoms with Crippen LogP contribution < -0.4 is 5.73 Å². The van der Waals surface area contributed by atoms with Gasteiger partial charge in [-0.1, -0.05) is 30.0 Å². The van der Waals surface area contributed by atoms with Gasteiger partial charge >= 0.3 is 5.97 Å². The molecule has 0 fully saturated rings. The normalized spacial score (nSPS) is 9.53. The summed E-state index contributed by atoms with van der Waals surface area (Å²) in [5, 5.41) is 2.22. The molecule has 0 unspecified atom stereocenters. The fourth-order valence-electron chi connectivity index (χ4n) is 1.54. The molecule has 2 aromatic rings. The van der Waals surface area contributed by atoms with Crippen LogP contribution in [0.2, 0.25) is 0 Å². The van der Waals surface area contributed by atoms with Crippen LogP contribution in [0.4, 0.5) is 5.00 Å². The lowest BCUT2D eigenvalue weighted by Gasteiger charge is -2.01. The molecule has 19 heavy (non-hydrogen) atoms. The molecule has 0 saturated heterocycles. The second kappa shape index (κ2) is 6.07. The van der Waals surface area contributed by atoms with Gasteiger partial charge in [-0.05, 0) is 19.1 Å². The van der Waals surface area contributed by atoms with E-state index in [1.54, 1.807) is 12.3 Å². The molecule has 0 bridgehead atoms. The maximum Gasteiger partial charge on any atom is 0.342 e. The molecule has 0 aliphatic carbocycles. The van der Waals surface area contributed by atoms with Crippen molar-refractivity contribution in [2.24, 2.45) is 0 Å². The summed E-state index contributed by atoms with van der Waals surface area (Å²) in [6, 6.07) is 9.58. The van der Waals surface area contributed by atoms with Crippen LogP contribution in [-0.2, 0) is 4.74 Å². The largest absolute Gasteiger partial charge is 0.462 e. The van der Waals surface area contributed by atoms with Crippen LogP contribution in [-0.4, -0.2) is 12.6 Å². The fourth-order valence-corrected chi connectivity index (χ4v) is 2.27. The molecule has 0 spiro atoms. The molecule has 1 aromatic carbocycles. The highest BCUT2D eigenvalue weighted by atomic mass is 32.1. The van der Waals surface area contributed by atoms with Crippen molar-refractivity contribution in [3.63, 3.8) is 0 Å². The first-order valence-electron chi connectivity index (χ1n) is 5.83. The molecule has 0 aliphatic heterocycles. The number of thiophene rings is 1. The number of nitrogens with two attached hydrogens (primary N) is 1. The van der Waals surface area contributed by atoms with Crippen molar-refractivity contribution < 1.29 is 9.53 Å². The Labute approximate surface area is 116 Å². The SMILES string of the molecule is CCOC(=O)c1c(C#Cc2ccccc2)csc1N. The molecule has 4 heteroatoms. The highest BCUT2D eigenvalue weighted by molar-refractivity contribution is 7.14. The van der Waals surface area contributed by atoms with Crippen LogP contribution in [0.5, 0.6) is 0 Å². The van der Waals surface area contributed by atoms with Gasteiger partial charge < -0.3 is 10.5 Å². The first kappa shape index (κ1) is 13.2. The van der Waals surface area contributed by atoms with Crippen LogP contribution in [0, 0.1) is 11.8 Å². The van der Waals surface area contributed by atoms with Gasteiger partial charge in [0.05, 0.1) is 12.2 Å². The lowest BCUT2D eigenvalue weighted by molar-refractivity contribution is 0.0528. The summed E-state index contributed by atoms with van der Waals surface area (Å²) in [6.45, 7) is 2.08. The Balaban J connectivity index is 2.32. The van der Waals surface area contributed by atoms with E-state index in [9.17, 15) is 4.79 Å². The van der Waals surface area contributed by atoms with E-state index >= 15 is 0 Å². The van der Waals surface area contributed by atoms with E-state index in [2.05, 4.69) is 11.8 Å². The molecule has 1 aromatic heterocycles. The first-order valence-corrected chi connectivity index (χ1v) is 6.71. The van der Waals surface area contributed by atoms with Crippen molar-refractivity contribution in [1.82, 2.24) is 0 Å². The highest BCUT2D eigenvalue weighted by Crippen LogP contribution is 2.25. The highest BCUT2D eigenvalue weighted by Gasteiger charge is 2.17. The Morgan fingerprint density at radius 1 is 1.32 bits per heavy atom. The smallest absolute Gasteiger partial charge is 0.342 e. The Morgan fingerprint density at radius 2 is 2.05 bits per heavy atom. The number of benzene rings is 1. The predicted octanol–water partition coefficient (Wildman–Crippen LogP) is 2.91. The number of ether oxygens (including phenoxy) is 1. The summed E-state index contributed by atoms with van der Waals surface area (Å²) in [5.74, 6) is 5.56. The number of nitrogen functional groups attached to an aromatic ring is 1. The summed E-state index contributed by atoms with van der Waals surface area (Å²) < 4.78 is 4.98.